The summed E-state index contributed by atoms with van der Waals surface area (Å²) in [6.07, 6.45) is -2.10. The van der Waals surface area contributed by atoms with Crippen molar-refractivity contribution in [2.24, 2.45) is 11.3 Å². The van der Waals surface area contributed by atoms with E-state index in [4.69, 9.17) is 15.2 Å². The first kappa shape index (κ1) is 29.8. The Morgan fingerprint density at radius 3 is 2.63 bits per heavy atom. The molecule has 1 aromatic carbocycles. The van der Waals surface area contributed by atoms with Gasteiger partial charge in [-0.1, -0.05) is 0 Å². The van der Waals surface area contributed by atoms with Crippen LogP contribution in [0.4, 0.5) is 33.5 Å². The van der Waals surface area contributed by atoms with Gasteiger partial charge in [0.25, 0.3) is 0 Å². The van der Waals surface area contributed by atoms with Crippen molar-refractivity contribution in [2.75, 3.05) is 43.9 Å². The number of nitrogens with two attached hydrogens (primary N) is 1. The Morgan fingerprint density at radius 1 is 1.17 bits per heavy atom. The number of alkyl halides is 3. The Morgan fingerprint density at radius 2 is 1.96 bits per heavy atom. The Balaban J connectivity index is 1.23. The number of likely N-dealkylation sites (tertiary alicyclic amines) is 1. The summed E-state index contributed by atoms with van der Waals surface area (Å²) in [4.78, 5) is 15.5. The number of nitrogen functional groups attached to an aromatic ring is 1. The van der Waals surface area contributed by atoms with Crippen LogP contribution >= 0.6 is 0 Å². The maximum Gasteiger partial charge on any atom is 0.417 e. The van der Waals surface area contributed by atoms with Gasteiger partial charge in [-0.15, -0.1) is 0 Å². The van der Waals surface area contributed by atoms with Gasteiger partial charge in [-0.2, -0.15) is 23.1 Å². The molecule has 2 saturated carbocycles. The minimum atomic E-state index is -5.05. The van der Waals surface area contributed by atoms with Gasteiger partial charge in [-0.05, 0) is 50.7 Å². The van der Waals surface area contributed by atoms with Gasteiger partial charge in [0, 0.05) is 54.7 Å². The van der Waals surface area contributed by atoms with Crippen molar-refractivity contribution in [2.45, 2.75) is 69.4 Å². The molecule has 2 saturated heterocycles. The number of aliphatic hydroxyl groups is 1. The average Bonchev–Trinajstić information content (AvgIpc) is 3.94. The molecule has 0 spiro atoms. The third-order valence-electron chi connectivity index (χ3n) is 10.5. The smallest absolute Gasteiger partial charge is 0.417 e. The van der Waals surface area contributed by atoms with Gasteiger partial charge in [0.2, 0.25) is 5.88 Å². The third-order valence-corrected chi connectivity index (χ3v) is 10.5. The van der Waals surface area contributed by atoms with Gasteiger partial charge >= 0.3 is 12.2 Å². The lowest BCUT2D eigenvalue weighted by molar-refractivity contribution is -0.137. The van der Waals surface area contributed by atoms with Crippen LogP contribution in [0.2, 0.25) is 0 Å². The zero-order valence-electron chi connectivity index (χ0n) is 25.3. The average molecular weight is 648 g/mol. The van der Waals surface area contributed by atoms with E-state index in [0.717, 1.165) is 45.3 Å². The maximum absolute atomic E-state index is 16.6. The summed E-state index contributed by atoms with van der Waals surface area (Å²) in [5.74, 6) is -1.86. The molecule has 246 valence electrons. The van der Waals surface area contributed by atoms with E-state index in [-0.39, 0.29) is 64.9 Å². The van der Waals surface area contributed by atoms with Crippen molar-refractivity contribution < 1.29 is 36.5 Å². The fourth-order valence-corrected chi connectivity index (χ4v) is 7.39. The number of nitrogens with zero attached hydrogens (tertiary/aromatic N) is 4. The zero-order chi connectivity index (χ0) is 32.3. The minimum Gasteiger partial charge on any atom is -0.474 e. The van der Waals surface area contributed by atoms with Crippen molar-refractivity contribution in [1.29, 1.82) is 0 Å². The Labute approximate surface area is 260 Å². The maximum atomic E-state index is 16.6. The fourth-order valence-electron chi connectivity index (χ4n) is 7.39. The molecule has 3 aromatic rings. The van der Waals surface area contributed by atoms with Crippen LogP contribution in [0.1, 0.15) is 43.7 Å². The number of benzene rings is 1. The molecular formula is C31H34F5N7O3. The summed E-state index contributed by atoms with van der Waals surface area (Å²) in [5, 5.41) is 16.5. The van der Waals surface area contributed by atoms with Crippen molar-refractivity contribution in [3.63, 3.8) is 0 Å². The zero-order valence-corrected chi connectivity index (χ0v) is 25.3. The molecule has 4 fully saturated rings. The first-order valence-electron chi connectivity index (χ1n) is 15.6. The van der Waals surface area contributed by atoms with Gasteiger partial charge < -0.3 is 30.9 Å². The van der Waals surface area contributed by atoms with Crippen LogP contribution in [0.25, 0.3) is 22.2 Å². The highest BCUT2D eigenvalue weighted by molar-refractivity contribution is 5.96. The molecule has 15 heteroatoms. The molecule has 2 aromatic heterocycles. The molecule has 5 heterocycles. The summed E-state index contributed by atoms with van der Waals surface area (Å²) in [7, 11) is 0. The Bertz CT molecular complexity index is 1770. The van der Waals surface area contributed by atoms with Crippen molar-refractivity contribution >= 4 is 22.4 Å². The van der Waals surface area contributed by atoms with Crippen LogP contribution in [-0.2, 0) is 6.18 Å². The van der Waals surface area contributed by atoms with Crippen LogP contribution in [0.3, 0.4) is 0 Å². The van der Waals surface area contributed by atoms with Crippen LogP contribution in [0.5, 0.6) is 11.9 Å². The number of hydrogen-bond donors (Lipinski definition) is 4. The number of rotatable bonds is 7. The van der Waals surface area contributed by atoms with Crippen molar-refractivity contribution in [3.05, 3.63) is 28.8 Å². The van der Waals surface area contributed by atoms with E-state index < -0.39 is 52.0 Å². The third kappa shape index (κ3) is 4.72. The van der Waals surface area contributed by atoms with Crippen LogP contribution in [0.15, 0.2) is 6.07 Å². The molecule has 8 rings (SSSR count). The second kappa shape index (κ2) is 9.97. The first-order valence-corrected chi connectivity index (χ1v) is 15.6. The number of nitrogens with one attached hydrogen (secondary N) is 2. The lowest BCUT2D eigenvalue weighted by Gasteiger charge is -2.42. The van der Waals surface area contributed by atoms with E-state index >= 15 is 4.39 Å². The first-order chi connectivity index (χ1) is 21.8. The highest BCUT2D eigenvalue weighted by Crippen LogP contribution is 2.60. The quantitative estimate of drug-likeness (QED) is 0.169. The van der Waals surface area contributed by atoms with Gasteiger partial charge in [0.1, 0.15) is 28.2 Å². The Hall–Kier alpha value is -3.56. The number of hydrogen-bond acceptors (Lipinski definition) is 10. The number of aromatic nitrogens is 3. The summed E-state index contributed by atoms with van der Waals surface area (Å²) >= 11 is 0. The largest absolute Gasteiger partial charge is 0.474 e. The standard InChI is InChI=1S/C31H34F5N7O3/c1-13-5-18-19(39-18)8-38-26-20-25(41-28(42-26)45-12-29(3-4-29)10-43-9-15-7-30(15,43)11-44)23(33)24(40-27(20)46-13)16-6-17(37)22(32)14(2)21(16)31(34,35)36/h6,13,15,18-19,39,44H,3-5,7-12,37H2,1-2H3,(H,38,41,42)/t13-,15?,18?,19?,30?/m0/s1. The molecule has 0 amide bonds. The second-order valence-corrected chi connectivity index (χ2v) is 13.7. The lowest BCUT2D eigenvalue weighted by atomic mass is 9.96. The predicted molar refractivity (Wildman–Crippen MR) is 157 cm³/mol. The molecule has 2 aliphatic carbocycles. The van der Waals surface area contributed by atoms with E-state index in [1.54, 1.807) is 6.92 Å². The normalized spacial score (nSPS) is 29.1. The summed E-state index contributed by atoms with van der Waals surface area (Å²) in [5.41, 5.74) is 0.940. The van der Waals surface area contributed by atoms with Gasteiger partial charge in [-0.3, -0.25) is 4.90 Å². The summed E-state index contributed by atoms with van der Waals surface area (Å²) in [6.45, 7) is 5.24. The molecule has 5 atom stereocenters. The van der Waals surface area contributed by atoms with Gasteiger partial charge in [-0.25, -0.2) is 13.8 Å². The SMILES string of the molecule is Cc1c(F)c(N)cc(-c2nc3c4c(nc(OCC5(CN6CC7CC76CO)CC5)nc4c2F)NCC2NC2C[C@H](C)O3)c1C(F)(F)F. The number of fused-ring (bicyclic) bond motifs is 2. The van der Waals surface area contributed by atoms with E-state index in [2.05, 4.69) is 30.5 Å². The molecule has 46 heavy (non-hydrogen) atoms. The molecule has 5 aliphatic rings. The Kier molecular flexibility index (Phi) is 6.46. The number of aliphatic hydroxyl groups excluding tert-OH is 1. The van der Waals surface area contributed by atoms with E-state index in [1.807, 2.05) is 0 Å². The fraction of sp³-hybridized carbons (Fsp3) is 0.581. The van der Waals surface area contributed by atoms with E-state index in [9.17, 15) is 22.7 Å². The molecule has 5 N–H and O–H groups in total. The predicted octanol–water partition coefficient (Wildman–Crippen LogP) is 4.03. The van der Waals surface area contributed by atoms with E-state index in [0.29, 0.717) is 18.9 Å². The molecular weight excluding hydrogens is 613 g/mol. The minimum absolute atomic E-state index is 0.0614. The number of pyridine rings is 1. The summed E-state index contributed by atoms with van der Waals surface area (Å²) in [6, 6.07) is 0.850. The molecule has 0 radical (unpaired) electrons. The topological polar surface area (TPSA) is 141 Å². The van der Waals surface area contributed by atoms with E-state index in [1.165, 1.54) is 0 Å². The van der Waals surface area contributed by atoms with Gasteiger partial charge in [0.15, 0.2) is 5.82 Å². The summed E-state index contributed by atoms with van der Waals surface area (Å²) < 4.78 is 86.5. The number of halogens is 5. The molecule has 10 nitrogen and oxygen atoms in total. The monoisotopic (exact) mass is 647 g/mol. The number of anilines is 2. The van der Waals surface area contributed by atoms with Crippen molar-refractivity contribution in [1.82, 2.24) is 25.2 Å². The van der Waals surface area contributed by atoms with Crippen LogP contribution < -0.4 is 25.8 Å². The van der Waals surface area contributed by atoms with Crippen LogP contribution in [0, 0.1) is 29.9 Å². The second-order valence-electron chi connectivity index (χ2n) is 13.7. The number of ether oxygens (including phenoxy) is 2. The van der Waals surface area contributed by atoms with Crippen LogP contribution in [-0.4, -0.2) is 81.5 Å². The van der Waals surface area contributed by atoms with Gasteiger partial charge in [0.05, 0.1) is 30.6 Å². The lowest BCUT2D eigenvalue weighted by Crippen LogP contribution is -2.55. The highest BCUT2D eigenvalue weighted by Gasteiger charge is 2.68. The van der Waals surface area contributed by atoms with Crippen molar-refractivity contribution in [3.8, 4) is 23.1 Å². The molecule has 3 aliphatic heterocycles. The molecule has 4 unspecified atom stereocenters. The highest BCUT2D eigenvalue weighted by atomic mass is 19.4. The molecule has 0 bridgehead atoms.